The van der Waals surface area contributed by atoms with Crippen LogP contribution in [0.5, 0.6) is 0 Å². The lowest BCUT2D eigenvalue weighted by Gasteiger charge is -1.89. The number of rotatable bonds is 3. The Balaban J connectivity index is 2.88. The van der Waals surface area contributed by atoms with E-state index in [1.54, 1.807) is 6.92 Å². The third-order valence-electron chi connectivity index (χ3n) is 1.33. The van der Waals surface area contributed by atoms with Crippen molar-refractivity contribution in [2.75, 3.05) is 0 Å². The fourth-order valence-corrected chi connectivity index (χ4v) is 0.732. The number of nitroso groups, excluding NO2 is 1. The predicted molar refractivity (Wildman–Crippen MR) is 42.5 cm³/mol. The minimum absolute atomic E-state index is 0.116. The largest absolute Gasteiger partial charge is 0.390 e. The highest BCUT2D eigenvalue weighted by Gasteiger charge is 2.02. The van der Waals surface area contributed by atoms with Crippen molar-refractivity contribution in [2.24, 2.45) is 10.4 Å². The van der Waals surface area contributed by atoms with Gasteiger partial charge in [-0.2, -0.15) is 0 Å². The van der Waals surface area contributed by atoms with E-state index < -0.39 is 0 Å². The van der Waals surface area contributed by atoms with E-state index in [2.05, 4.69) is 20.4 Å². The molecule has 0 saturated heterocycles. The number of aliphatic hydroxyl groups excluding tert-OH is 1. The van der Waals surface area contributed by atoms with Gasteiger partial charge in [-0.3, -0.25) is 0 Å². The van der Waals surface area contributed by atoms with Gasteiger partial charge in [0, 0.05) is 0 Å². The Bertz CT molecular complexity index is 304. The molecule has 0 unspecified atom stereocenters. The molecule has 2 N–H and O–H groups in total. The van der Waals surface area contributed by atoms with Crippen molar-refractivity contribution in [3.8, 4) is 0 Å². The van der Waals surface area contributed by atoms with Crippen LogP contribution in [0.3, 0.4) is 0 Å². The Hall–Kier alpha value is -1.56. The molecule has 64 valence electrons. The van der Waals surface area contributed by atoms with Gasteiger partial charge in [-0.1, -0.05) is 0 Å². The van der Waals surface area contributed by atoms with Gasteiger partial charge in [0.25, 0.3) is 0 Å². The highest BCUT2D eigenvalue weighted by Crippen LogP contribution is 1.98. The van der Waals surface area contributed by atoms with Crippen molar-refractivity contribution >= 4 is 5.71 Å². The summed E-state index contributed by atoms with van der Waals surface area (Å²) in [5.41, 5.74) is 0.968. The Morgan fingerprint density at radius 3 is 3.08 bits per heavy atom. The number of nitrogens with one attached hydrogen (secondary N) is 1. The zero-order valence-electron chi connectivity index (χ0n) is 6.48. The first kappa shape index (κ1) is 8.54. The Kier molecular flexibility index (Phi) is 2.65. The predicted octanol–water partition coefficient (Wildman–Crippen LogP) is 0.392. The van der Waals surface area contributed by atoms with Crippen molar-refractivity contribution in [1.29, 1.82) is 0 Å². The van der Waals surface area contributed by atoms with Crippen LogP contribution < -0.4 is 0 Å². The molecule has 0 aliphatic carbocycles. The fourth-order valence-electron chi connectivity index (χ4n) is 0.732. The average Bonchev–Trinajstić information content (AvgIpc) is 2.52. The zero-order valence-corrected chi connectivity index (χ0v) is 6.48. The average molecular weight is 168 g/mol. The van der Waals surface area contributed by atoms with Crippen LogP contribution in [0.4, 0.5) is 0 Å². The second-order valence-corrected chi connectivity index (χ2v) is 2.18. The van der Waals surface area contributed by atoms with Gasteiger partial charge in [-0.05, 0) is 6.92 Å². The van der Waals surface area contributed by atoms with Gasteiger partial charge in [0.2, 0.25) is 0 Å². The quantitative estimate of drug-likeness (QED) is 0.388. The Labute approximate surface area is 68.3 Å². The molecule has 0 spiro atoms. The van der Waals surface area contributed by atoms with Crippen LogP contribution in [0, 0.1) is 4.91 Å². The number of hydrogen-bond donors (Lipinski definition) is 2. The van der Waals surface area contributed by atoms with Crippen molar-refractivity contribution in [3.63, 3.8) is 0 Å². The second-order valence-electron chi connectivity index (χ2n) is 2.18. The highest BCUT2D eigenvalue weighted by molar-refractivity contribution is 5.95. The number of aromatic amines is 1. The third-order valence-corrected chi connectivity index (χ3v) is 1.33. The minimum Gasteiger partial charge on any atom is -0.390 e. The van der Waals surface area contributed by atoms with Gasteiger partial charge >= 0.3 is 0 Å². The van der Waals surface area contributed by atoms with Gasteiger partial charge in [-0.15, -0.1) is 10.0 Å². The van der Waals surface area contributed by atoms with Crippen LogP contribution in [0.25, 0.3) is 0 Å². The molecular formula is C6H8N4O2. The Morgan fingerprint density at radius 1 is 1.83 bits per heavy atom. The van der Waals surface area contributed by atoms with Crippen molar-refractivity contribution in [1.82, 2.24) is 9.97 Å². The minimum atomic E-state index is -0.116. The lowest BCUT2D eigenvalue weighted by atomic mass is 10.4. The fraction of sp³-hybridized carbons (Fsp3) is 0.333. The molecule has 1 aromatic heterocycles. The van der Waals surface area contributed by atoms with E-state index in [4.69, 9.17) is 5.11 Å². The summed E-state index contributed by atoms with van der Waals surface area (Å²) in [5.74, 6) is 0.443. The van der Waals surface area contributed by atoms with E-state index in [-0.39, 0.29) is 6.61 Å². The van der Waals surface area contributed by atoms with Crippen LogP contribution >= 0.6 is 0 Å². The molecule has 1 rings (SSSR count). The molecule has 0 aromatic carbocycles. The third kappa shape index (κ3) is 1.73. The van der Waals surface area contributed by atoms with Crippen LogP contribution in [0.2, 0.25) is 0 Å². The van der Waals surface area contributed by atoms with Gasteiger partial charge in [0.1, 0.15) is 5.71 Å². The molecular weight excluding hydrogens is 160 g/mol. The summed E-state index contributed by atoms with van der Waals surface area (Å²) >= 11 is 0. The van der Waals surface area contributed by atoms with Crippen LogP contribution in [-0.2, 0) is 6.61 Å². The molecule has 6 nitrogen and oxygen atoms in total. The summed E-state index contributed by atoms with van der Waals surface area (Å²) in [6, 6.07) is 0. The molecule has 0 fully saturated rings. The molecule has 0 saturated carbocycles. The lowest BCUT2D eigenvalue weighted by molar-refractivity contribution is 0.277. The normalized spacial score (nSPS) is 11.7. The molecule has 0 amide bonds. The molecule has 0 aliphatic rings. The molecule has 6 heteroatoms. The first-order chi connectivity index (χ1) is 5.77. The first-order valence-corrected chi connectivity index (χ1v) is 3.30. The van der Waals surface area contributed by atoms with E-state index in [0.29, 0.717) is 17.2 Å². The van der Waals surface area contributed by atoms with Crippen LogP contribution in [0.1, 0.15) is 18.4 Å². The molecule has 0 bridgehead atoms. The van der Waals surface area contributed by atoms with E-state index >= 15 is 0 Å². The lowest BCUT2D eigenvalue weighted by Crippen LogP contribution is -1.96. The summed E-state index contributed by atoms with van der Waals surface area (Å²) in [6.45, 7) is 1.48. The van der Waals surface area contributed by atoms with E-state index in [1.165, 1.54) is 6.20 Å². The summed E-state index contributed by atoms with van der Waals surface area (Å²) < 4.78 is 0. The highest BCUT2D eigenvalue weighted by atomic mass is 16.3. The van der Waals surface area contributed by atoms with Crippen molar-refractivity contribution in [3.05, 3.63) is 22.6 Å². The maximum absolute atomic E-state index is 9.74. The number of aromatic nitrogens is 2. The number of hydrogen-bond acceptors (Lipinski definition) is 4. The SMILES string of the molecule is C/C(=N\N=O)c1ncc(CO)[nH]1. The molecule has 0 aliphatic heterocycles. The number of imidazole rings is 1. The molecule has 12 heavy (non-hydrogen) atoms. The van der Waals surface area contributed by atoms with Crippen molar-refractivity contribution < 1.29 is 5.11 Å². The first-order valence-electron chi connectivity index (χ1n) is 3.30. The maximum atomic E-state index is 9.74. The summed E-state index contributed by atoms with van der Waals surface area (Å²) in [5, 5.41) is 14.3. The molecule has 1 heterocycles. The second kappa shape index (κ2) is 3.72. The summed E-state index contributed by atoms with van der Waals surface area (Å²) in [7, 11) is 0. The van der Waals surface area contributed by atoms with Gasteiger partial charge < -0.3 is 10.1 Å². The topological polar surface area (TPSA) is 90.7 Å². The zero-order chi connectivity index (χ0) is 8.97. The molecule has 1 aromatic rings. The van der Waals surface area contributed by atoms with E-state index in [0.717, 1.165) is 0 Å². The van der Waals surface area contributed by atoms with Gasteiger partial charge in [0.05, 0.1) is 23.8 Å². The number of nitrogens with zero attached hydrogens (tertiary/aromatic N) is 3. The smallest absolute Gasteiger partial charge is 0.153 e. The number of H-pyrrole nitrogens is 1. The van der Waals surface area contributed by atoms with Crippen LogP contribution in [-0.4, -0.2) is 20.8 Å². The Morgan fingerprint density at radius 2 is 2.58 bits per heavy atom. The van der Waals surface area contributed by atoms with Gasteiger partial charge in [-0.25, -0.2) is 4.98 Å². The summed E-state index contributed by atoms with van der Waals surface area (Å²) in [6.07, 6.45) is 1.47. The van der Waals surface area contributed by atoms with Gasteiger partial charge in [0.15, 0.2) is 5.82 Å². The maximum Gasteiger partial charge on any atom is 0.153 e. The molecule has 0 atom stereocenters. The number of aliphatic hydroxyl groups is 1. The standard InChI is InChI=1S/C6H8N4O2/c1-4(9-10-12)6-7-2-5(3-11)8-6/h2,11H,3H2,1H3,(H,7,8)/b9-4+. The van der Waals surface area contributed by atoms with Crippen LogP contribution in [0.15, 0.2) is 16.6 Å². The van der Waals surface area contributed by atoms with Crippen molar-refractivity contribution in [2.45, 2.75) is 13.5 Å². The monoisotopic (exact) mass is 168 g/mol. The van der Waals surface area contributed by atoms with E-state index in [9.17, 15) is 4.91 Å². The van der Waals surface area contributed by atoms with E-state index in [1.807, 2.05) is 0 Å². The molecule has 0 radical (unpaired) electrons. The summed E-state index contributed by atoms with van der Waals surface area (Å²) in [4.78, 5) is 16.4.